The van der Waals surface area contributed by atoms with Gasteiger partial charge in [0.15, 0.2) is 0 Å². The highest BCUT2D eigenvalue weighted by Crippen LogP contribution is 2.10. The van der Waals surface area contributed by atoms with Crippen molar-refractivity contribution in [3.8, 4) is 0 Å². The molecule has 0 radical (unpaired) electrons. The van der Waals surface area contributed by atoms with E-state index in [-0.39, 0.29) is 12.1 Å². The van der Waals surface area contributed by atoms with Crippen molar-refractivity contribution in [2.45, 2.75) is 45.3 Å². The maximum atomic E-state index is 11.7. The second-order valence-electron chi connectivity index (χ2n) is 5.97. The maximum absolute atomic E-state index is 11.7. The lowest BCUT2D eigenvalue weighted by molar-refractivity contribution is 0.111. The molecule has 0 saturated carbocycles. The Balaban J connectivity index is 2.19. The van der Waals surface area contributed by atoms with Crippen LogP contribution in [-0.2, 0) is 4.74 Å². The SMILES string of the molecule is CC(C)C[C@H](CNC(=O)NC[C@H]1CCCO1)N(C)C. The summed E-state index contributed by atoms with van der Waals surface area (Å²) in [6.07, 6.45) is 3.43. The molecule has 0 aromatic rings. The van der Waals surface area contributed by atoms with E-state index in [1.54, 1.807) is 0 Å². The molecule has 0 aromatic heterocycles. The normalized spacial score (nSPS) is 20.8. The highest BCUT2D eigenvalue weighted by atomic mass is 16.5. The molecule has 1 fully saturated rings. The van der Waals surface area contributed by atoms with Gasteiger partial charge in [0.2, 0.25) is 0 Å². The van der Waals surface area contributed by atoms with Crippen molar-refractivity contribution in [2.24, 2.45) is 5.92 Å². The van der Waals surface area contributed by atoms with Crippen LogP contribution in [0, 0.1) is 5.92 Å². The van der Waals surface area contributed by atoms with Crippen LogP contribution in [0.15, 0.2) is 0 Å². The quantitative estimate of drug-likeness (QED) is 0.737. The first-order valence-electron chi connectivity index (χ1n) is 7.28. The summed E-state index contributed by atoms with van der Waals surface area (Å²) in [5, 5.41) is 5.82. The molecule has 0 unspecified atom stereocenters. The van der Waals surface area contributed by atoms with E-state index in [2.05, 4.69) is 43.5 Å². The molecule has 1 aliphatic rings. The smallest absolute Gasteiger partial charge is 0.314 e. The first-order chi connectivity index (χ1) is 8.99. The number of urea groups is 1. The summed E-state index contributed by atoms with van der Waals surface area (Å²) in [5.41, 5.74) is 0. The van der Waals surface area contributed by atoms with Crippen LogP contribution in [0.2, 0.25) is 0 Å². The van der Waals surface area contributed by atoms with Crippen molar-refractivity contribution in [3.05, 3.63) is 0 Å². The van der Waals surface area contributed by atoms with Crippen molar-refractivity contribution in [3.63, 3.8) is 0 Å². The fourth-order valence-electron chi connectivity index (χ4n) is 2.31. The molecule has 0 spiro atoms. The van der Waals surface area contributed by atoms with Gasteiger partial charge in [-0.15, -0.1) is 0 Å². The van der Waals surface area contributed by atoms with Crippen LogP contribution in [0.3, 0.4) is 0 Å². The lowest BCUT2D eigenvalue weighted by atomic mass is 10.0. The molecule has 2 atom stereocenters. The third-order valence-corrected chi connectivity index (χ3v) is 3.49. The maximum Gasteiger partial charge on any atom is 0.314 e. The van der Waals surface area contributed by atoms with Gasteiger partial charge >= 0.3 is 6.03 Å². The van der Waals surface area contributed by atoms with Crippen molar-refractivity contribution in [1.82, 2.24) is 15.5 Å². The zero-order valence-electron chi connectivity index (χ0n) is 12.7. The van der Waals surface area contributed by atoms with Gasteiger partial charge in [0.1, 0.15) is 0 Å². The fraction of sp³-hybridized carbons (Fsp3) is 0.929. The standard InChI is InChI=1S/C14H29N3O2/c1-11(2)8-12(17(3)4)9-15-14(18)16-10-13-6-5-7-19-13/h11-13H,5-10H2,1-4H3,(H2,15,16,18)/t12-,13-/m1/s1. The van der Waals surface area contributed by atoms with Gasteiger partial charge in [0.05, 0.1) is 6.10 Å². The number of carbonyl (C=O) groups is 1. The molecule has 1 saturated heterocycles. The van der Waals surface area contributed by atoms with Crippen molar-refractivity contribution in [1.29, 1.82) is 0 Å². The topological polar surface area (TPSA) is 53.6 Å². The third-order valence-electron chi connectivity index (χ3n) is 3.49. The van der Waals surface area contributed by atoms with Crippen molar-refractivity contribution >= 4 is 6.03 Å². The zero-order chi connectivity index (χ0) is 14.3. The number of carbonyl (C=O) groups excluding carboxylic acids is 1. The average Bonchev–Trinajstić information content (AvgIpc) is 2.84. The zero-order valence-corrected chi connectivity index (χ0v) is 12.7. The molecule has 0 aliphatic carbocycles. The molecule has 19 heavy (non-hydrogen) atoms. The number of amides is 2. The molecule has 0 aromatic carbocycles. The van der Waals surface area contributed by atoms with E-state index in [0.29, 0.717) is 25.0 Å². The number of rotatable bonds is 7. The molecule has 1 aliphatic heterocycles. The Morgan fingerprint density at radius 3 is 2.63 bits per heavy atom. The Morgan fingerprint density at radius 1 is 1.37 bits per heavy atom. The Kier molecular flexibility index (Phi) is 7.16. The minimum absolute atomic E-state index is 0.0916. The van der Waals surface area contributed by atoms with E-state index < -0.39 is 0 Å². The monoisotopic (exact) mass is 271 g/mol. The minimum Gasteiger partial charge on any atom is -0.376 e. The Morgan fingerprint density at radius 2 is 2.11 bits per heavy atom. The van der Waals surface area contributed by atoms with Gasteiger partial charge in [0.25, 0.3) is 0 Å². The summed E-state index contributed by atoms with van der Waals surface area (Å²) in [6.45, 7) is 6.53. The highest BCUT2D eigenvalue weighted by Gasteiger charge is 2.17. The number of hydrogen-bond donors (Lipinski definition) is 2. The van der Waals surface area contributed by atoms with Crippen LogP contribution < -0.4 is 10.6 Å². The van der Waals surface area contributed by atoms with Gasteiger partial charge in [-0.1, -0.05) is 13.8 Å². The largest absolute Gasteiger partial charge is 0.376 e. The molecule has 5 nitrogen and oxygen atoms in total. The van der Waals surface area contributed by atoms with Crippen molar-refractivity contribution < 1.29 is 9.53 Å². The Hall–Kier alpha value is -0.810. The summed E-state index contributed by atoms with van der Waals surface area (Å²) >= 11 is 0. The van der Waals surface area contributed by atoms with Gasteiger partial charge in [-0.3, -0.25) is 0 Å². The summed E-state index contributed by atoms with van der Waals surface area (Å²) in [6, 6.07) is 0.291. The van der Waals surface area contributed by atoms with Crippen LogP contribution in [0.4, 0.5) is 4.79 Å². The predicted octanol–water partition coefficient (Wildman–Crippen LogP) is 1.44. The van der Waals surface area contributed by atoms with E-state index >= 15 is 0 Å². The molecule has 2 N–H and O–H groups in total. The molecular formula is C14H29N3O2. The van der Waals surface area contributed by atoms with Crippen LogP contribution in [0.25, 0.3) is 0 Å². The molecule has 112 valence electrons. The van der Waals surface area contributed by atoms with Crippen LogP contribution in [0.1, 0.15) is 33.1 Å². The van der Waals surface area contributed by atoms with Crippen LogP contribution in [-0.4, -0.2) is 56.9 Å². The second-order valence-corrected chi connectivity index (χ2v) is 5.97. The Bertz CT molecular complexity index is 263. The summed E-state index contributed by atoms with van der Waals surface area (Å²) < 4.78 is 5.47. The van der Waals surface area contributed by atoms with Gasteiger partial charge in [-0.2, -0.15) is 0 Å². The number of likely N-dealkylation sites (N-methyl/N-ethyl adjacent to an activating group) is 1. The summed E-state index contributed by atoms with van der Waals surface area (Å²) in [5.74, 6) is 0.629. The van der Waals surface area contributed by atoms with Gasteiger partial charge in [0, 0.05) is 25.7 Å². The van der Waals surface area contributed by atoms with E-state index in [9.17, 15) is 4.79 Å². The highest BCUT2D eigenvalue weighted by molar-refractivity contribution is 5.73. The van der Waals surface area contributed by atoms with Crippen molar-refractivity contribution in [2.75, 3.05) is 33.8 Å². The number of ether oxygens (including phenoxy) is 1. The fourth-order valence-corrected chi connectivity index (χ4v) is 2.31. The summed E-state index contributed by atoms with van der Waals surface area (Å²) in [4.78, 5) is 13.9. The minimum atomic E-state index is -0.0916. The van der Waals surface area contributed by atoms with E-state index in [0.717, 1.165) is 25.9 Å². The van der Waals surface area contributed by atoms with Gasteiger partial charge < -0.3 is 20.3 Å². The third kappa shape index (κ3) is 6.78. The van der Waals surface area contributed by atoms with E-state index in [1.807, 2.05) is 0 Å². The summed E-state index contributed by atoms with van der Waals surface area (Å²) in [7, 11) is 4.11. The van der Waals surface area contributed by atoms with Crippen LogP contribution >= 0.6 is 0 Å². The molecule has 5 heteroatoms. The average molecular weight is 271 g/mol. The second kappa shape index (κ2) is 8.38. The van der Waals surface area contributed by atoms with Crippen LogP contribution in [0.5, 0.6) is 0 Å². The number of hydrogen-bond acceptors (Lipinski definition) is 3. The molecule has 1 heterocycles. The van der Waals surface area contributed by atoms with Gasteiger partial charge in [-0.05, 0) is 39.3 Å². The molecule has 0 bridgehead atoms. The first kappa shape index (κ1) is 16.2. The molecular weight excluding hydrogens is 242 g/mol. The van der Waals surface area contributed by atoms with E-state index in [1.165, 1.54) is 0 Å². The first-order valence-corrected chi connectivity index (χ1v) is 7.28. The number of nitrogens with zero attached hydrogens (tertiary/aromatic N) is 1. The lowest BCUT2D eigenvalue weighted by Crippen LogP contribution is -2.46. The molecule has 1 rings (SSSR count). The lowest BCUT2D eigenvalue weighted by Gasteiger charge is -2.26. The number of nitrogens with one attached hydrogen (secondary N) is 2. The predicted molar refractivity (Wildman–Crippen MR) is 77.3 cm³/mol. The van der Waals surface area contributed by atoms with E-state index in [4.69, 9.17) is 4.74 Å². The van der Waals surface area contributed by atoms with Gasteiger partial charge in [-0.25, -0.2) is 4.79 Å². The Labute approximate surface area is 117 Å². The molecule has 2 amide bonds.